The highest BCUT2D eigenvalue weighted by Crippen LogP contribution is 2.37. The van der Waals surface area contributed by atoms with E-state index in [9.17, 15) is 0 Å². The van der Waals surface area contributed by atoms with Crippen LogP contribution in [-0.4, -0.2) is 30.9 Å². The molecule has 0 unspecified atom stereocenters. The van der Waals surface area contributed by atoms with Crippen molar-refractivity contribution in [2.45, 2.75) is 25.3 Å². The Bertz CT molecular complexity index is 103. The zero-order valence-corrected chi connectivity index (χ0v) is 7.56. The molecule has 0 N–H and O–H groups in total. The summed E-state index contributed by atoms with van der Waals surface area (Å²) in [6, 6.07) is 0.864. The second-order valence-electron chi connectivity index (χ2n) is 3.36. The van der Waals surface area contributed by atoms with Crippen LogP contribution < -0.4 is 0 Å². The fraction of sp³-hybridized carbons (Fsp3) is 1.00. The number of hydrogen-bond donors (Lipinski definition) is 0. The Balaban J connectivity index is 2.02. The van der Waals surface area contributed by atoms with Crippen molar-refractivity contribution in [2.24, 2.45) is 5.92 Å². The van der Waals surface area contributed by atoms with Gasteiger partial charge in [-0.3, -0.25) is 0 Å². The summed E-state index contributed by atoms with van der Waals surface area (Å²) in [5, 5.41) is 0. The van der Waals surface area contributed by atoms with Crippen molar-refractivity contribution in [2.75, 3.05) is 20.0 Å². The molecule has 0 spiro atoms. The van der Waals surface area contributed by atoms with Crippen LogP contribution in [0.15, 0.2) is 0 Å². The molecule has 2 heteroatoms. The molecule has 0 aromatic heterocycles. The number of nitrogens with zero attached hydrogens (tertiary/aromatic N) is 1. The van der Waals surface area contributed by atoms with Crippen LogP contribution in [0.25, 0.3) is 0 Å². The lowest BCUT2D eigenvalue weighted by atomic mass is 10.2. The fourth-order valence-corrected chi connectivity index (χ4v) is 1.67. The van der Waals surface area contributed by atoms with E-state index in [1.807, 2.05) is 0 Å². The second kappa shape index (κ2) is 3.59. The summed E-state index contributed by atoms with van der Waals surface area (Å²) in [6.07, 6.45) is 3.91. The van der Waals surface area contributed by atoms with E-state index in [4.69, 9.17) is 11.6 Å². The lowest BCUT2D eigenvalue weighted by Crippen LogP contribution is -2.15. The van der Waals surface area contributed by atoms with Gasteiger partial charge in [0.1, 0.15) is 0 Å². The van der Waals surface area contributed by atoms with Crippen molar-refractivity contribution >= 4 is 11.6 Å². The predicted molar refractivity (Wildman–Crippen MR) is 45.5 cm³/mol. The van der Waals surface area contributed by atoms with Crippen LogP contribution in [0.4, 0.5) is 0 Å². The maximum Gasteiger partial charge on any atom is 0.0223 e. The van der Waals surface area contributed by atoms with Crippen LogP contribution in [0.3, 0.4) is 0 Å². The minimum atomic E-state index is 0.830. The van der Waals surface area contributed by atoms with E-state index < -0.39 is 0 Å². The molecule has 0 amide bonds. The highest BCUT2D eigenvalue weighted by molar-refractivity contribution is 6.17. The molecule has 1 nitrogen and oxygen atoms in total. The van der Waals surface area contributed by atoms with Crippen molar-refractivity contribution in [3.05, 3.63) is 0 Å². The van der Waals surface area contributed by atoms with E-state index in [1.54, 1.807) is 0 Å². The highest BCUT2D eigenvalue weighted by atomic mass is 35.5. The van der Waals surface area contributed by atoms with Crippen LogP contribution in [0.2, 0.25) is 0 Å². The average molecular weight is 162 g/mol. The molecule has 0 radical (unpaired) electrons. The average Bonchev–Trinajstić information content (AvgIpc) is 2.62. The summed E-state index contributed by atoms with van der Waals surface area (Å²) in [4.78, 5) is 2.32. The van der Waals surface area contributed by atoms with Gasteiger partial charge in [0.25, 0.3) is 0 Å². The third kappa shape index (κ3) is 2.14. The van der Waals surface area contributed by atoms with Gasteiger partial charge in [0.15, 0.2) is 0 Å². The van der Waals surface area contributed by atoms with E-state index in [-0.39, 0.29) is 0 Å². The number of alkyl halides is 1. The largest absolute Gasteiger partial charge is 0.306 e. The highest BCUT2D eigenvalue weighted by Gasteiger charge is 2.37. The van der Waals surface area contributed by atoms with Crippen molar-refractivity contribution in [3.63, 3.8) is 0 Å². The van der Waals surface area contributed by atoms with E-state index in [1.165, 1.54) is 19.3 Å². The SMILES string of the molecule is CN(C)[C@H]1C[C@H]1CCCCl. The summed E-state index contributed by atoms with van der Waals surface area (Å²) in [6.45, 7) is 0. The number of rotatable bonds is 4. The van der Waals surface area contributed by atoms with Gasteiger partial charge in [-0.25, -0.2) is 0 Å². The van der Waals surface area contributed by atoms with Gasteiger partial charge in [0.2, 0.25) is 0 Å². The van der Waals surface area contributed by atoms with Gasteiger partial charge < -0.3 is 4.90 Å². The van der Waals surface area contributed by atoms with Gasteiger partial charge in [0.05, 0.1) is 0 Å². The van der Waals surface area contributed by atoms with Gasteiger partial charge in [0, 0.05) is 11.9 Å². The Morgan fingerprint density at radius 1 is 1.50 bits per heavy atom. The first-order valence-electron chi connectivity index (χ1n) is 3.98. The molecule has 2 atom stereocenters. The minimum Gasteiger partial charge on any atom is -0.306 e. The quantitative estimate of drug-likeness (QED) is 0.570. The third-order valence-corrected chi connectivity index (χ3v) is 2.52. The zero-order chi connectivity index (χ0) is 7.56. The zero-order valence-electron chi connectivity index (χ0n) is 6.81. The molecule has 1 saturated carbocycles. The minimum absolute atomic E-state index is 0.830. The molecule has 0 saturated heterocycles. The molecule has 1 fully saturated rings. The van der Waals surface area contributed by atoms with Gasteiger partial charge in [-0.05, 0) is 39.3 Å². The van der Waals surface area contributed by atoms with Crippen molar-refractivity contribution in [3.8, 4) is 0 Å². The van der Waals surface area contributed by atoms with Crippen molar-refractivity contribution in [1.29, 1.82) is 0 Å². The van der Waals surface area contributed by atoms with Gasteiger partial charge in [-0.2, -0.15) is 0 Å². The van der Waals surface area contributed by atoms with E-state index in [2.05, 4.69) is 19.0 Å². The summed E-state index contributed by atoms with van der Waals surface area (Å²) in [7, 11) is 4.32. The Morgan fingerprint density at radius 2 is 2.20 bits per heavy atom. The molecule has 1 aliphatic rings. The molecule has 0 aromatic carbocycles. The first kappa shape index (κ1) is 8.35. The summed E-state index contributed by atoms with van der Waals surface area (Å²) >= 11 is 5.59. The van der Waals surface area contributed by atoms with Gasteiger partial charge in [-0.1, -0.05) is 0 Å². The molecule has 10 heavy (non-hydrogen) atoms. The summed E-state index contributed by atoms with van der Waals surface area (Å²) in [5.41, 5.74) is 0. The lowest BCUT2D eigenvalue weighted by Gasteiger charge is -2.07. The van der Waals surface area contributed by atoms with E-state index in [0.29, 0.717) is 0 Å². The Labute approximate surface area is 68.4 Å². The smallest absolute Gasteiger partial charge is 0.0223 e. The third-order valence-electron chi connectivity index (χ3n) is 2.26. The van der Waals surface area contributed by atoms with E-state index >= 15 is 0 Å². The normalized spacial score (nSPS) is 31.2. The van der Waals surface area contributed by atoms with Gasteiger partial charge >= 0.3 is 0 Å². The van der Waals surface area contributed by atoms with Gasteiger partial charge in [-0.15, -0.1) is 11.6 Å². The van der Waals surface area contributed by atoms with Crippen LogP contribution in [0, 0.1) is 5.92 Å². The second-order valence-corrected chi connectivity index (χ2v) is 3.74. The molecular weight excluding hydrogens is 146 g/mol. The summed E-state index contributed by atoms with van der Waals surface area (Å²) < 4.78 is 0. The van der Waals surface area contributed by atoms with E-state index in [0.717, 1.165) is 17.8 Å². The maximum absolute atomic E-state index is 5.59. The molecular formula is C8H16ClN. The number of halogens is 1. The molecule has 0 aromatic rings. The maximum atomic E-state index is 5.59. The topological polar surface area (TPSA) is 3.24 Å². The lowest BCUT2D eigenvalue weighted by molar-refractivity contribution is 0.372. The van der Waals surface area contributed by atoms with Crippen LogP contribution in [-0.2, 0) is 0 Å². The predicted octanol–water partition coefficient (Wildman–Crippen LogP) is 1.96. The first-order chi connectivity index (χ1) is 4.75. The van der Waals surface area contributed by atoms with Crippen LogP contribution in [0.5, 0.6) is 0 Å². The summed E-state index contributed by atoms with van der Waals surface area (Å²) in [5.74, 6) is 1.78. The van der Waals surface area contributed by atoms with Crippen LogP contribution >= 0.6 is 11.6 Å². The molecule has 1 rings (SSSR count). The standard InChI is InChI=1S/C8H16ClN/c1-10(2)8-6-7(8)4-3-5-9/h7-8H,3-6H2,1-2H3/t7-,8+/m1/s1. The van der Waals surface area contributed by atoms with Crippen molar-refractivity contribution < 1.29 is 0 Å². The van der Waals surface area contributed by atoms with Crippen LogP contribution in [0.1, 0.15) is 19.3 Å². The molecule has 0 bridgehead atoms. The molecule has 0 heterocycles. The fourth-order valence-electron chi connectivity index (χ4n) is 1.51. The molecule has 0 aliphatic heterocycles. The Morgan fingerprint density at radius 3 is 2.60 bits per heavy atom. The Hall–Kier alpha value is 0.250. The van der Waals surface area contributed by atoms with Crippen molar-refractivity contribution in [1.82, 2.24) is 4.90 Å². The number of hydrogen-bond acceptors (Lipinski definition) is 1. The monoisotopic (exact) mass is 161 g/mol. The first-order valence-corrected chi connectivity index (χ1v) is 4.51. The Kier molecular flexibility index (Phi) is 2.99. The molecule has 60 valence electrons. The molecule has 1 aliphatic carbocycles.